The van der Waals surface area contributed by atoms with Crippen LogP contribution in [0, 0.1) is 6.92 Å². The lowest BCUT2D eigenvalue weighted by Crippen LogP contribution is -2.24. The van der Waals surface area contributed by atoms with Crippen LogP contribution in [0.1, 0.15) is 24.3 Å². The Labute approximate surface area is 123 Å². The summed E-state index contributed by atoms with van der Waals surface area (Å²) in [5.74, 6) is 2.79. The van der Waals surface area contributed by atoms with E-state index in [2.05, 4.69) is 20.0 Å². The van der Waals surface area contributed by atoms with Crippen molar-refractivity contribution in [2.75, 3.05) is 35.7 Å². The molecule has 0 aromatic carbocycles. The van der Waals surface area contributed by atoms with Crippen molar-refractivity contribution in [3.8, 4) is 0 Å². The maximum Gasteiger partial charge on any atom is 0.229 e. The first kappa shape index (κ1) is 13.7. The molecule has 1 fully saturated rings. The number of nitrogens with two attached hydrogens (primary N) is 1. The molecule has 0 bridgehead atoms. The first-order valence-corrected chi connectivity index (χ1v) is 7.14. The molecule has 2 aromatic rings. The number of hydrogen-bond acceptors (Lipinski definition) is 7. The Balaban J connectivity index is 1.80. The molecule has 1 aliphatic heterocycles. The summed E-state index contributed by atoms with van der Waals surface area (Å²) in [5, 5.41) is 3.89. The van der Waals surface area contributed by atoms with E-state index in [1.54, 1.807) is 6.07 Å². The summed E-state index contributed by atoms with van der Waals surface area (Å²) in [4.78, 5) is 13.1. The van der Waals surface area contributed by atoms with Gasteiger partial charge in [0.15, 0.2) is 5.76 Å². The fourth-order valence-corrected chi connectivity index (χ4v) is 2.50. The fraction of sp³-hybridized carbons (Fsp3) is 0.500. The van der Waals surface area contributed by atoms with Gasteiger partial charge in [0.25, 0.3) is 0 Å². The van der Waals surface area contributed by atoms with Gasteiger partial charge in [-0.2, -0.15) is 9.97 Å². The summed E-state index contributed by atoms with van der Waals surface area (Å²) < 4.78 is 5.24. The Kier molecular flexibility index (Phi) is 3.64. The van der Waals surface area contributed by atoms with Crippen LogP contribution in [0.15, 0.2) is 16.7 Å². The zero-order chi connectivity index (χ0) is 14.8. The van der Waals surface area contributed by atoms with Gasteiger partial charge in [-0.25, -0.2) is 0 Å². The van der Waals surface area contributed by atoms with Gasteiger partial charge in [-0.1, -0.05) is 5.16 Å². The topological polar surface area (TPSA) is 84.3 Å². The average molecular weight is 288 g/mol. The molecule has 2 aromatic heterocycles. The maximum atomic E-state index is 5.92. The van der Waals surface area contributed by atoms with Gasteiger partial charge in [0, 0.05) is 32.3 Å². The number of nitrogen functional groups attached to an aromatic ring is 1. The van der Waals surface area contributed by atoms with Gasteiger partial charge in [0.1, 0.15) is 11.6 Å². The van der Waals surface area contributed by atoms with Crippen LogP contribution in [-0.2, 0) is 6.54 Å². The molecule has 7 nitrogen and oxygen atoms in total. The first-order chi connectivity index (χ1) is 10.1. The van der Waals surface area contributed by atoms with Gasteiger partial charge >= 0.3 is 0 Å². The minimum atomic E-state index is 0.488. The zero-order valence-electron chi connectivity index (χ0n) is 12.4. The number of aryl methyl sites for hydroxylation is 1. The summed E-state index contributed by atoms with van der Waals surface area (Å²) in [7, 11) is 1.95. The normalized spacial score (nSPS) is 14.7. The molecule has 3 rings (SSSR count). The number of rotatable bonds is 4. The third kappa shape index (κ3) is 3.07. The Morgan fingerprint density at radius 3 is 2.71 bits per heavy atom. The quantitative estimate of drug-likeness (QED) is 0.914. The minimum absolute atomic E-state index is 0.488. The van der Waals surface area contributed by atoms with Crippen LogP contribution >= 0.6 is 0 Å². The highest BCUT2D eigenvalue weighted by Crippen LogP contribution is 2.22. The Morgan fingerprint density at radius 2 is 2.05 bits per heavy atom. The van der Waals surface area contributed by atoms with Crippen molar-refractivity contribution in [3.63, 3.8) is 0 Å². The molecule has 0 aliphatic carbocycles. The van der Waals surface area contributed by atoms with Crippen LogP contribution in [0.2, 0.25) is 0 Å². The number of nitrogens with zero attached hydrogens (tertiary/aromatic N) is 5. The molecule has 0 unspecified atom stereocenters. The van der Waals surface area contributed by atoms with E-state index in [4.69, 9.17) is 10.3 Å². The van der Waals surface area contributed by atoms with Crippen molar-refractivity contribution >= 4 is 17.6 Å². The van der Waals surface area contributed by atoms with E-state index in [1.807, 2.05) is 24.9 Å². The molecule has 0 radical (unpaired) electrons. The van der Waals surface area contributed by atoms with Gasteiger partial charge in [-0.05, 0) is 19.8 Å². The molecule has 0 atom stereocenters. The first-order valence-electron chi connectivity index (χ1n) is 7.14. The van der Waals surface area contributed by atoms with Crippen LogP contribution in [0.25, 0.3) is 0 Å². The second kappa shape index (κ2) is 5.59. The van der Waals surface area contributed by atoms with Crippen LogP contribution in [0.3, 0.4) is 0 Å². The maximum absolute atomic E-state index is 5.92. The SMILES string of the molecule is Cc1cc(CN(C)c2cc(N)nc(N3CCCC3)n2)on1. The van der Waals surface area contributed by atoms with Gasteiger partial charge in [-0.3, -0.25) is 0 Å². The Morgan fingerprint density at radius 1 is 1.29 bits per heavy atom. The second-order valence-electron chi connectivity index (χ2n) is 5.44. The van der Waals surface area contributed by atoms with E-state index in [0.717, 1.165) is 30.4 Å². The molecule has 21 heavy (non-hydrogen) atoms. The van der Waals surface area contributed by atoms with Crippen LogP contribution in [0.4, 0.5) is 17.6 Å². The zero-order valence-corrected chi connectivity index (χ0v) is 12.4. The third-order valence-corrected chi connectivity index (χ3v) is 3.57. The van der Waals surface area contributed by atoms with E-state index in [0.29, 0.717) is 18.3 Å². The molecular formula is C14H20N6O. The Hall–Kier alpha value is -2.31. The molecule has 0 spiro atoms. The lowest BCUT2D eigenvalue weighted by Gasteiger charge is -2.20. The molecule has 1 aliphatic rings. The van der Waals surface area contributed by atoms with Crippen LogP contribution in [-0.4, -0.2) is 35.3 Å². The standard InChI is InChI=1S/C14H20N6O/c1-10-7-11(21-18-10)9-19(2)13-8-12(15)16-14(17-13)20-5-3-4-6-20/h7-8H,3-6,9H2,1-2H3,(H2,15,16,17). The smallest absolute Gasteiger partial charge is 0.229 e. The Bertz CT molecular complexity index is 620. The number of aromatic nitrogens is 3. The molecule has 0 amide bonds. The van der Waals surface area contributed by atoms with Gasteiger partial charge < -0.3 is 20.1 Å². The molecule has 2 N–H and O–H groups in total. The van der Waals surface area contributed by atoms with Crippen molar-refractivity contribution in [1.82, 2.24) is 15.1 Å². The average Bonchev–Trinajstić information content (AvgIpc) is 3.10. The number of anilines is 3. The van der Waals surface area contributed by atoms with Gasteiger partial charge in [-0.15, -0.1) is 0 Å². The van der Waals surface area contributed by atoms with Crippen molar-refractivity contribution in [3.05, 3.63) is 23.6 Å². The summed E-state index contributed by atoms with van der Waals surface area (Å²) in [6.07, 6.45) is 2.36. The van der Waals surface area contributed by atoms with Crippen molar-refractivity contribution in [2.24, 2.45) is 0 Å². The summed E-state index contributed by atoms with van der Waals surface area (Å²) in [6, 6.07) is 3.70. The molecule has 7 heteroatoms. The molecular weight excluding hydrogens is 268 g/mol. The second-order valence-corrected chi connectivity index (χ2v) is 5.44. The van der Waals surface area contributed by atoms with Crippen molar-refractivity contribution < 1.29 is 4.52 Å². The third-order valence-electron chi connectivity index (χ3n) is 3.57. The summed E-state index contributed by atoms with van der Waals surface area (Å²) in [5.41, 5.74) is 6.80. The molecule has 3 heterocycles. The highest BCUT2D eigenvalue weighted by molar-refractivity contribution is 5.52. The highest BCUT2D eigenvalue weighted by Gasteiger charge is 2.17. The molecule has 1 saturated heterocycles. The van der Waals surface area contributed by atoms with E-state index in [-0.39, 0.29) is 0 Å². The van der Waals surface area contributed by atoms with E-state index in [9.17, 15) is 0 Å². The summed E-state index contributed by atoms with van der Waals surface area (Å²) >= 11 is 0. The van der Waals surface area contributed by atoms with Crippen LogP contribution in [0.5, 0.6) is 0 Å². The van der Waals surface area contributed by atoms with Crippen molar-refractivity contribution in [2.45, 2.75) is 26.3 Å². The van der Waals surface area contributed by atoms with Crippen LogP contribution < -0.4 is 15.5 Å². The lowest BCUT2D eigenvalue weighted by molar-refractivity contribution is 0.379. The molecule has 0 saturated carbocycles. The lowest BCUT2D eigenvalue weighted by atomic mass is 10.3. The van der Waals surface area contributed by atoms with Crippen molar-refractivity contribution in [1.29, 1.82) is 0 Å². The van der Waals surface area contributed by atoms with Gasteiger partial charge in [0.2, 0.25) is 5.95 Å². The largest absolute Gasteiger partial charge is 0.383 e. The van der Waals surface area contributed by atoms with Gasteiger partial charge in [0.05, 0.1) is 12.2 Å². The predicted octanol–water partition coefficient (Wildman–Crippen LogP) is 1.59. The predicted molar refractivity (Wildman–Crippen MR) is 81.2 cm³/mol. The number of hydrogen-bond donors (Lipinski definition) is 1. The summed E-state index contributed by atoms with van der Waals surface area (Å²) in [6.45, 7) is 4.49. The van der Waals surface area contributed by atoms with E-state index < -0.39 is 0 Å². The highest BCUT2D eigenvalue weighted by atomic mass is 16.5. The monoisotopic (exact) mass is 288 g/mol. The minimum Gasteiger partial charge on any atom is -0.383 e. The molecule has 112 valence electrons. The van der Waals surface area contributed by atoms with E-state index >= 15 is 0 Å². The van der Waals surface area contributed by atoms with E-state index in [1.165, 1.54) is 12.8 Å². The fourth-order valence-electron chi connectivity index (χ4n) is 2.50.